The van der Waals surface area contributed by atoms with E-state index in [1.54, 1.807) is 13.4 Å². The van der Waals surface area contributed by atoms with E-state index in [9.17, 15) is 0 Å². The lowest BCUT2D eigenvalue weighted by Gasteiger charge is -2.06. The first kappa shape index (κ1) is 10.4. The van der Waals surface area contributed by atoms with Crippen molar-refractivity contribution in [3.8, 4) is 11.5 Å². The van der Waals surface area contributed by atoms with Crippen LogP contribution in [0.3, 0.4) is 0 Å². The zero-order valence-electron chi connectivity index (χ0n) is 8.93. The molecule has 84 valence electrons. The topological polar surface area (TPSA) is 73.2 Å². The van der Waals surface area contributed by atoms with Crippen LogP contribution in [0.2, 0.25) is 0 Å². The molecule has 0 aliphatic heterocycles. The molecule has 16 heavy (non-hydrogen) atoms. The quantitative estimate of drug-likeness (QED) is 0.818. The molecular formula is C11H13N3O2. The number of imidazole rings is 1. The Hall–Kier alpha value is -2.17. The van der Waals surface area contributed by atoms with Gasteiger partial charge in [-0.3, -0.25) is 0 Å². The van der Waals surface area contributed by atoms with Crippen LogP contribution in [-0.4, -0.2) is 17.1 Å². The van der Waals surface area contributed by atoms with E-state index in [0.717, 1.165) is 17.2 Å². The van der Waals surface area contributed by atoms with E-state index in [-0.39, 0.29) is 0 Å². The van der Waals surface area contributed by atoms with Crippen molar-refractivity contribution in [3.63, 3.8) is 0 Å². The second-order valence-corrected chi connectivity index (χ2v) is 3.23. The van der Waals surface area contributed by atoms with Crippen molar-refractivity contribution < 1.29 is 9.47 Å². The molecule has 2 aromatic rings. The highest BCUT2D eigenvalue weighted by Crippen LogP contribution is 2.20. The van der Waals surface area contributed by atoms with Gasteiger partial charge in [0.1, 0.15) is 23.9 Å². The standard InChI is InChI=1S/C11H13N3O2/c1-15-8-3-2-4-9(5-8)16-6-10-11(12)14-7-13-10/h2-5,7H,6,12H2,1H3,(H,13,14). The Morgan fingerprint density at radius 2 is 2.19 bits per heavy atom. The highest BCUT2D eigenvalue weighted by Gasteiger charge is 2.02. The third-order valence-corrected chi connectivity index (χ3v) is 2.18. The summed E-state index contributed by atoms with van der Waals surface area (Å²) >= 11 is 0. The Bertz CT molecular complexity index is 468. The summed E-state index contributed by atoms with van der Waals surface area (Å²) in [6.45, 7) is 0.360. The summed E-state index contributed by atoms with van der Waals surface area (Å²) in [6.07, 6.45) is 1.54. The van der Waals surface area contributed by atoms with Crippen molar-refractivity contribution in [2.75, 3.05) is 12.8 Å². The predicted molar refractivity (Wildman–Crippen MR) is 60.3 cm³/mol. The molecule has 0 amide bonds. The third kappa shape index (κ3) is 2.25. The van der Waals surface area contributed by atoms with Crippen molar-refractivity contribution in [2.45, 2.75) is 6.61 Å². The predicted octanol–water partition coefficient (Wildman–Crippen LogP) is 1.58. The summed E-state index contributed by atoms with van der Waals surface area (Å²) in [5, 5.41) is 0. The fourth-order valence-electron chi connectivity index (χ4n) is 1.29. The highest BCUT2D eigenvalue weighted by molar-refractivity contribution is 5.35. The van der Waals surface area contributed by atoms with Gasteiger partial charge < -0.3 is 20.2 Å². The average molecular weight is 219 g/mol. The summed E-state index contributed by atoms with van der Waals surface area (Å²) in [5.41, 5.74) is 6.38. The summed E-state index contributed by atoms with van der Waals surface area (Å²) < 4.78 is 10.6. The number of nitrogen functional groups attached to an aromatic ring is 1. The van der Waals surface area contributed by atoms with Gasteiger partial charge in [-0.05, 0) is 12.1 Å². The van der Waals surface area contributed by atoms with Crippen molar-refractivity contribution in [2.24, 2.45) is 0 Å². The number of ether oxygens (including phenoxy) is 2. The molecule has 0 unspecified atom stereocenters. The van der Waals surface area contributed by atoms with Gasteiger partial charge in [-0.25, -0.2) is 4.98 Å². The number of anilines is 1. The molecule has 0 saturated carbocycles. The van der Waals surface area contributed by atoms with Crippen molar-refractivity contribution >= 4 is 5.82 Å². The van der Waals surface area contributed by atoms with Gasteiger partial charge in [0, 0.05) is 6.07 Å². The molecule has 0 radical (unpaired) electrons. The molecular weight excluding hydrogens is 206 g/mol. The fraction of sp³-hybridized carbons (Fsp3) is 0.182. The maximum atomic E-state index is 5.61. The number of rotatable bonds is 4. The molecule has 3 N–H and O–H groups in total. The van der Waals surface area contributed by atoms with Gasteiger partial charge in [0.05, 0.1) is 19.1 Å². The van der Waals surface area contributed by atoms with E-state index >= 15 is 0 Å². The minimum Gasteiger partial charge on any atom is -0.497 e. The normalized spacial score (nSPS) is 10.1. The Kier molecular flexibility index (Phi) is 2.95. The second kappa shape index (κ2) is 4.57. The number of methoxy groups -OCH3 is 1. The Labute approximate surface area is 93.2 Å². The monoisotopic (exact) mass is 219 g/mol. The molecule has 0 atom stereocenters. The first-order chi connectivity index (χ1) is 7.79. The molecule has 5 nitrogen and oxygen atoms in total. The first-order valence-electron chi connectivity index (χ1n) is 4.84. The summed E-state index contributed by atoms with van der Waals surface area (Å²) in [4.78, 5) is 6.79. The Morgan fingerprint density at radius 1 is 1.38 bits per heavy atom. The van der Waals surface area contributed by atoms with E-state index in [0.29, 0.717) is 12.4 Å². The molecule has 2 rings (SSSR count). The number of H-pyrrole nitrogens is 1. The fourth-order valence-corrected chi connectivity index (χ4v) is 1.29. The molecule has 0 aliphatic rings. The number of nitrogens with zero attached hydrogens (tertiary/aromatic N) is 1. The largest absolute Gasteiger partial charge is 0.497 e. The van der Waals surface area contributed by atoms with Gasteiger partial charge in [-0.2, -0.15) is 0 Å². The van der Waals surface area contributed by atoms with E-state index in [2.05, 4.69) is 9.97 Å². The minimum atomic E-state index is 0.360. The van der Waals surface area contributed by atoms with Crippen LogP contribution >= 0.6 is 0 Å². The second-order valence-electron chi connectivity index (χ2n) is 3.23. The smallest absolute Gasteiger partial charge is 0.148 e. The van der Waals surface area contributed by atoms with Crippen LogP contribution in [0, 0.1) is 0 Å². The van der Waals surface area contributed by atoms with Crippen LogP contribution in [-0.2, 0) is 6.61 Å². The van der Waals surface area contributed by atoms with Gasteiger partial charge in [-0.15, -0.1) is 0 Å². The lowest BCUT2D eigenvalue weighted by atomic mass is 10.3. The zero-order valence-corrected chi connectivity index (χ0v) is 8.93. The maximum absolute atomic E-state index is 5.61. The van der Waals surface area contributed by atoms with Crippen LogP contribution in [0.1, 0.15) is 5.69 Å². The molecule has 1 aromatic heterocycles. The molecule has 0 fully saturated rings. The van der Waals surface area contributed by atoms with Gasteiger partial charge in [0.2, 0.25) is 0 Å². The summed E-state index contributed by atoms with van der Waals surface area (Å²) in [5.74, 6) is 1.95. The van der Waals surface area contributed by atoms with Crippen molar-refractivity contribution in [1.29, 1.82) is 0 Å². The lowest BCUT2D eigenvalue weighted by Crippen LogP contribution is -1.99. The third-order valence-electron chi connectivity index (χ3n) is 2.18. The van der Waals surface area contributed by atoms with Crippen LogP contribution in [0.25, 0.3) is 0 Å². The number of aromatic amines is 1. The maximum Gasteiger partial charge on any atom is 0.148 e. The summed E-state index contributed by atoms with van der Waals surface area (Å²) in [7, 11) is 1.62. The Balaban J connectivity index is 2.02. The van der Waals surface area contributed by atoms with E-state index < -0.39 is 0 Å². The molecule has 0 spiro atoms. The number of benzene rings is 1. The highest BCUT2D eigenvalue weighted by atomic mass is 16.5. The molecule has 0 aliphatic carbocycles. The molecule has 1 heterocycles. The van der Waals surface area contributed by atoms with E-state index in [4.69, 9.17) is 15.2 Å². The van der Waals surface area contributed by atoms with Gasteiger partial charge in [0.25, 0.3) is 0 Å². The van der Waals surface area contributed by atoms with Crippen LogP contribution in [0.4, 0.5) is 5.82 Å². The van der Waals surface area contributed by atoms with Crippen molar-refractivity contribution in [3.05, 3.63) is 36.3 Å². The minimum absolute atomic E-state index is 0.360. The number of nitrogens with two attached hydrogens (primary N) is 1. The molecule has 5 heteroatoms. The van der Waals surface area contributed by atoms with Crippen molar-refractivity contribution in [1.82, 2.24) is 9.97 Å². The number of hydrogen-bond acceptors (Lipinski definition) is 4. The molecule has 1 aromatic carbocycles. The number of aromatic nitrogens is 2. The Morgan fingerprint density at radius 3 is 2.88 bits per heavy atom. The van der Waals surface area contributed by atoms with Crippen LogP contribution in [0.15, 0.2) is 30.6 Å². The summed E-state index contributed by atoms with van der Waals surface area (Å²) in [6, 6.07) is 7.39. The molecule has 0 saturated heterocycles. The SMILES string of the molecule is COc1cccc(OCc2[nH]cnc2N)c1. The first-order valence-corrected chi connectivity index (χ1v) is 4.84. The number of hydrogen-bond donors (Lipinski definition) is 2. The molecule has 0 bridgehead atoms. The lowest BCUT2D eigenvalue weighted by molar-refractivity contribution is 0.300. The average Bonchev–Trinajstić information content (AvgIpc) is 2.72. The number of nitrogens with one attached hydrogen (secondary N) is 1. The van der Waals surface area contributed by atoms with Crippen LogP contribution in [0.5, 0.6) is 11.5 Å². The van der Waals surface area contributed by atoms with Gasteiger partial charge in [0.15, 0.2) is 0 Å². The zero-order chi connectivity index (χ0) is 11.4. The van der Waals surface area contributed by atoms with Gasteiger partial charge >= 0.3 is 0 Å². The van der Waals surface area contributed by atoms with Gasteiger partial charge in [-0.1, -0.05) is 6.07 Å². The van der Waals surface area contributed by atoms with E-state index in [1.165, 1.54) is 0 Å². The van der Waals surface area contributed by atoms with E-state index in [1.807, 2.05) is 24.3 Å². The van der Waals surface area contributed by atoms with Crippen LogP contribution < -0.4 is 15.2 Å².